The second-order valence-corrected chi connectivity index (χ2v) is 5.47. The highest BCUT2D eigenvalue weighted by molar-refractivity contribution is 5.90. The first-order valence-corrected chi connectivity index (χ1v) is 7.62. The second-order valence-electron chi connectivity index (χ2n) is 5.47. The van der Waals surface area contributed by atoms with E-state index in [0.717, 1.165) is 22.2 Å². The van der Waals surface area contributed by atoms with Crippen LogP contribution in [0.1, 0.15) is 11.6 Å². The lowest BCUT2D eigenvalue weighted by molar-refractivity contribution is -0.136. The van der Waals surface area contributed by atoms with Crippen LogP contribution in [0.3, 0.4) is 0 Å². The van der Waals surface area contributed by atoms with Gasteiger partial charge in [-0.05, 0) is 35.2 Å². The topological polar surface area (TPSA) is 40.5 Å². The monoisotopic (exact) mass is 321 g/mol. The Hall–Kier alpha value is -3.01. The molecule has 0 aliphatic carbocycles. The number of carbonyl (C=O) groups excluding carboxylic acids is 1. The van der Waals surface area contributed by atoms with Crippen molar-refractivity contribution in [2.75, 3.05) is 14.2 Å². The van der Waals surface area contributed by atoms with Gasteiger partial charge in [0.15, 0.2) is 0 Å². The van der Waals surface area contributed by atoms with Crippen LogP contribution in [0.25, 0.3) is 10.9 Å². The van der Waals surface area contributed by atoms with E-state index in [1.165, 1.54) is 7.11 Å². The zero-order chi connectivity index (χ0) is 17.1. The van der Waals surface area contributed by atoms with Crippen LogP contribution in [0.2, 0.25) is 0 Å². The van der Waals surface area contributed by atoms with Crippen molar-refractivity contribution < 1.29 is 14.3 Å². The molecular formula is C20H19NO3. The SMILES string of the molecule is C=C(C(=O)OC)[C@H](c1ccc(OC)cc1)n1ccc2ccccc21. The molecular weight excluding hydrogens is 302 g/mol. The molecule has 1 atom stereocenters. The Kier molecular flexibility index (Phi) is 4.38. The van der Waals surface area contributed by atoms with Gasteiger partial charge in [0, 0.05) is 11.7 Å². The van der Waals surface area contributed by atoms with Crippen LogP contribution in [0.15, 0.2) is 72.9 Å². The van der Waals surface area contributed by atoms with Crippen molar-refractivity contribution in [3.8, 4) is 5.75 Å². The summed E-state index contributed by atoms with van der Waals surface area (Å²) in [5.74, 6) is 0.340. The molecule has 0 fully saturated rings. The predicted molar refractivity (Wildman–Crippen MR) is 94.2 cm³/mol. The quantitative estimate of drug-likeness (QED) is 0.527. The first-order chi connectivity index (χ1) is 11.7. The third kappa shape index (κ3) is 2.78. The predicted octanol–water partition coefficient (Wildman–Crippen LogP) is 3.97. The summed E-state index contributed by atoms with van der Waals surface area (Å²) < 4.78 is 12.1. The van der Waals surface area contributed by atoms with Gasteiger partial charge in [0.25, 0.3) is 0 Å². The van der Waals surface area contributed by atoms with Crippen molar-refractivity contribution in [3.63, 3.8) is 0 Å². The van der Waals surface area contributed by atoms with E-state index in [4.69, 9.17) is 9.47 Å². The van der Waals surface area contributed by atoms with Gasteiger partial charge in [-0.25, -0.2) is 4.79 Å². The van der Waals surface area contributed by atoms with Crippen molar-refractivity contribution in [2.45, 2.75) is 6.04 Å². The second kappa shape index (κ2) is 6.62. The summed E-state index contributed by atoms with van der Waals surface area (Å²) in [7, 11) is 2.99. The van der Waals surface area contributed by atoms with Crippen molar-refractivity contribution in [3.05, 3.63) is 78.5 Å². The highest BCUT2D eigenvalue weighted by atomic mass is 16.5. The Balaban J connectivity index is 2.14. The number of carbonyl (C=O) groups is 1. The average Bonchev–Trinajstić information content (AvgIpc) is 3.05. The van der Waals surface area contributed by atoms with Crippen LogP contribution in [0.4, 0.5) is 0 Å². The minimum absolute atomic E-state index is 0.344. The van der Waals surface area contributed by atoms with Crippen LogP contribution in [0, 0.1) is 0 Å². The van der Waals surface area contributed by atoms with Gasteiger partial charge in [0.05, 0.1) is 25.8 Å². The third-order valence-corrected chi connectivity index (χ3v) is 4.12. The molecule has 0 radical (unpaired) electrons. The number of hydrogen-bond donors (Lipinski definition) is 0. The molecule has 0 N–H and O–H groups in total. The van der Waals surface area contributed by atoms with E-state index < -0.39 is 5.97 Å². The standard InChI is InChI=1S/C20H19NO3/c1-14(20(22)24-3)19(16-8-10-17(23-2)11-9-16)21-13-12-15-6-4-5-7-18(15)21/h4-13,19H,1H2,2-3H3/t19-/m1/s1. The van der Waals surface area contributed by atoms with Gasteiger partial charge in [0.1, 0.15) is 5.75 Å². The maximum Gasteiger partial charge on any atom is 0.335 e. The van der Waals surface area contributed by atoms with Gasteiger partial charge in [-0.2, -0.15) is 0 Å². The molecule has 122 valence electrons. The van der Waals surface area contributed by atoms with Crippen LogP contribution in [0.5, 0.6) is 5.75 Å². The molecule has 3 aromatic rings. The number of methoxy groups -OCH3 is 2. The van der Waals surface area contributed by atoms with Gasteiger partial charge in [0.2, 0.25) is 0 Å². The number of esters is 1. The van der Waals surface area contributed by atoms with Crippen LogP contribution >= 0.6 is 0 Å². The van der Waals surface area contributed by atoms with Crippen LogP contribution in [-0.4, -0.2) is 24.8 Å². The lowest BCUT2D eigenvalue weighted by atomic mass is 9.99. The average molecular weight is 321 g/mol. The van der Waals surface area contributed by atoms with E-state index in [1.807, 2.05) is 65.4 Å². The third-order valence-electron chi connectivity index (χ3n) is 4.12. The fourth-order valence-electron chi connectivity index (χ4n) is 2.89. The highest BCUT2D eigenvalue weighted by Crippen LogP contribution is 2.31. The largest absolute Gasteiger partial charge is 0.497 e. The lowest BCUT2D eigenvalue weighted by Gasteiger charge is -2.22. The molecule has 2 aromatic carbocycles. The zero-order valence-electron chi connectivity index (χ0n) is 13.7. The minimum Gasteiger partial charge on any atom is -0.497 e. The first-order valence-electron chi connectivity index (χ1n) is 7.62. The number of nitrogens with zero attached hydrogens (tertiary/aromatic N) is 1. The molecule has 0 saturated heterocycles. The summed E-state index contributed by atoms with van der Waals surface area (Å²) in [5.41, 5.74) is 2.35. The van der Waals surface area contributed by atoms with Gasteiger partial charge in [-0.15, -0.1) is 0 Å². The normalized spacial score (nSPS) is 11.9. The molecule has 1 heterocycles. The number of fused-ring (bicyclic) bond motifs is 1. The van der Waals surface area contributed by atoms with Crippen molar-refractivity contribution in [2.24, 2.45) is 0 Å². The molecule has 0 unspecified atom stereocenters. The summed E-state index contributed by atoms with van der Waals surface area (Å²) in [6, 6.07) is 17.3. The van der Waals surface area contributed by atoms with Crippen molar-refractivity contribution in [1.82, 2.24) is 4.57 Å². The summed E-state index contributed by atoms with van der Waals surface area (Å²) in [6.07, 6.45) is 1.97. The smallest absolute Gasteiger partial charge is 0.335 e. The Labute approximate surface area is 140 Å². The molecule has 0 saturated carbocycles. The zero-order valence-corrected chi connectivity index (χ0v) is 13.7. The Bertz CT molecular complexity index is 877. The van der Waals surface area contributed by atoms with Gasteiger partial charge < -0.3 is 14.0 Å². The van der Waals surface area contributed by atoms with E-state index in [-0.39, 0.29) is 6.04 Å². The summed E-state index contributed by atoms with van der Waals surface area (Å²) in [5, 5.41) is 1.11. The number of para-hydroxylation sites is 1. The molecule has 1 aromatic heterocycles. The number of benzene rings is 2. The fourth-order valence-corrected chi connectivity index (χ4v) is 2.89. The molecule has 4 heteroatoms. The molecule has 4 nitrogen and oxygen atoms in total. The number of rotatable bonds is 5. The summed E-state index contributed by atoms with van der Waals surface area (Å²) in [4.78, 5) is 12.1. The first kappa shape index (κ1) is 15.9. The maximum absolute atomic E-state index is 12.1. The maximum atomic E-state index is 12.1. The Morgan fingerprint density at radius 3 is 2.42 bits per heavy atom. The van der Waals surface area contributed by atoms with E-state index in [1.54, 1.807) is 7.11 Å². The van der Waals surface area contributed by atoms with Crippen LogP contribution < -0.4 is 4.74 Å². The minimum atomic E-state index is -0.423. The highest BCUT2D eigenvalue weighted by Gasteiger charge is 2.24. The van der Waals surface area contributed by atoms with E-state index in [9.17, 15) is 4.79 Å². The summed E-state index contributed by atoms with van der Waals surface area (Å²) >= 11 is 0. The molecule has 0 bridgehead atoms. The van der Waals surface area contributed by atoms with Crippen molar-refractivity contribution in [1.29, 1.82) is 0 Å². The molecule has 0 aliphatic rings. The van der Waals surface area contributed by atoms with Gasteiger partial charge >= 0.3 is 5.97 Å². The van der Waals surface area contributed by atoms with Crippen LogP contribution in [-0.2, 0) is 9.53 Å². The van der Waals surface area contributed by atoms with E-state index >= 15 is 0 Å². The Morgan fingerprint density at radius 1 is 1.04 bits per heavy atom. The van der Waals surface area contributed by atoms with Gasteiger partial charge in [-0.1, -0.05) is 36.9 Å². The van der Waals surface area contributed by atoms with E-state index in [2.05, 4.69) is 6.58 Å². The lowest BCUT2D eigenvalue weighted by Crippen LogP contribution is -2.18. The van der Waals surface area contributed by atoms with Crippen molar-refractivity contribution >= 4 is 16.9 Å². The number of hydrogen-bond acceptors (Lipinski definition) is 3. The molecule has 3 rings (SSSR count). The van der Waals surface area contributed by atoms with E-state index in [0.29, 0.717) is 5.57 Å². The number of aromatic nitrogens is 1. The summed E-state index contributed by atoms with van der Waals surface area (Å²) in [6.45, 7) is 3.98. The Morgan fingerprint density at radius 2 is 1.75 bits per heavy atom. The molecule has 0 spiro atoms. The molecule has 0 amide bonds. The number of ether oxygens (including phenoxy) is 2. The molecule has 0 aliphatic heterocycles. The molecule has 24 heavy (non-hydrogen) atoms. The van der Waals surface area contributed by atoms with Gasteiger partial charge in [-0.3, -0.25) is 0 Å². The fraction of sp³-hybridized carbons (Fsp3) is 0.150.